The highest BCUT2D eigenvalue weighted by Crippen LogP contribution is 2.47. The molecule has 5 nitrogen and oxygen atoms in total. The Balaban J connectivity index is 1.31. The third-order valence-electron chi connectivity index (χ3n) is 5.76. The van der Waals surface area contributed by atoms with E-state index >= 15 is 0 Å². The second kappa shape index (κ2) is 6.90. The molecule has 1 aliphatic heterocycles. The summed E-state index contributed by atoms with van der Waals surface area (Å²) >= 11 is 0. The van der Waals surface area contributed by atoms with Gasteiger partial charge in [-0.05, 0) is 35.8 Å². The van der Waals surface area contributed by atoms with Gasteiger partial charge in [0.25, 0.3) is 0 Å². The summed E-state index contributed by atoms with van der Waals surface area (Å²) in [7, 11) is 1.89. The number of guanidine groups is 1. The summed E-state index contributed by atoms with van der Waals surface area (Å²) in [5, 5.41) is 3.54. The first-order chi connectivity index (χ1) is 12.3. The first-order valence-electron chi connectivity index (χ1n) is 9.26. The largest absolute Gasteiger partial charge is 0.352 e. The highest BCUT2D eigenvalue weighted by atomic mass is 15.3. The maximum atomic E-state index is 4.50. The highest BCUT2D eigenvalue weighted by Gasteiger charge is 2.43. The molecule has 0 radical (unpaired) electrons. The number of nitrogens with zero attached hydrogens (tertiary/aromatic N) is 4. The van der Waals surface area contributed by atoms with Gasteiger partial charge in [0, 0.05) is 45.6 Å². The summed E-state index contributed by atoms with van der Waals surface area (Å²) in [6.07, 6.45) is 11.2. The molecular formula is C20H27N5. The molecule has 2 aromatic rings. The number of rotatable bonds is 4. The Kier molecular flexibility index (Phi) is 4.47. The summed E-state index contributed by atoms with van der Waals surface area (Å²) in [6, 6.07) is 8.78. The molecule has 1 saturated carbocycles. The molecule has 2 aliphatic rings. The molecule has 5 heteroatoms. The third kappa shape index (κ3) is 3.55. The van der Waals surface area contributed by atoms with Gasteiger partial charge in [0.1, 0.15) is 0 Å². The molecule has 1 aromatic heterocycles. The van der Waals surface area contributed by atoms with Crippen molar-refractivity contribution < 1.29 is 0 Å². The molecule has 1 N–H and O–H groups in total. The predicted molar refractivity (Wildman–Crippen MR) is 100 cm³/mol. The Hall–Kier alpha value is -2.30. The molecule has 1 aromatic carbocycles. The lowest BCUT2D eigenvalue weighted by Crippen LogP contribution is -2.42. The van der Waals surface area contributed by atoms with Crippen LogP contribution in [0.4, 0.5) is 0 Å². The fraction of sp³-hybridized carbons (Fsp3) is 0.500. The zero-order valence-corrected chi connectivity index (χ0v) is 15.0. The van der Waals surface area contributed by atoms with Crippen LogP contribution in [0.1, 0.15) is 36.8 Å². The number of likely N-dealkylation sites (tertiary alicyclic amines) is 1. The number of nitrogens with one attached hydrogen (secondary N) is 1. The maximum absolute atomic E-state index is 4.50. The fourth-order valence-corrected chi connectivity index (χ4v) is 4.07. The number of aliphatic imine (C=N–C) groups is 1. The van der Waals surface area contributed by atoms with Crippen LogP contribution < -0.4 is 5.32 Å². The van der Waals surface area contributed by atoms with Crippen LogP contribution in [-0.4, -0.2) is 40.5 Å². The molecule has 0 unspecified atom stereocenters. The normalized spacial score (nSPS) is 19.2. The van der Waals surface area contributed by atoms with Crippen molar-refractivity contribution >= 4 is 5.96 Å². The second-order valence-corrected chi connectivity index (χ2v) is 7.48. The van der Waals surface area contributed by atoms with Gasteiger partial charge in [-0.1, -0.05) is 30.7 Å². The quantitative estimate of drug-likeness (QED) is 0.689. The van der Waals surface area contributed by atoms with Crippen LogP contribution >= 0.6 is 0 Å². The van der Waals surface area contributed by atoms with Crippen LogP contribution in [0.3, 0.4) is 0 Å². The minimum Gasteiger partial charge on any atom is -0.352 e. The molecule has 4 rings (SSSR count). The molecule has 0 bridgehead atoms. The van der Waals surface area contributed by atoms with Crippen molar-refractivity contribution in [1.82, 2.24) is 19.8 Å². The Morgan fingerprint density at radius 3 is 2.60 bits per heavy atom. The number of benzene rings is 1. The summed E-state index contributed by atoms with van der Waals surface area (Å²) < 4.78 is 2.08. The molecule has 1 saturated heterocycles. The number of imidazole rings is 1. The third-order valence-corrected chi connectivity index (χ3v) is 5.76. The van der Waals surface area contributed by atoms with Crippen LogP contribution in [0.5, 0.6) is 0 Å². The van der Waals surface area contributed by atoms with E-state index in [9.17, 15) is 0 Å². The van der Waals surface area contributed by atoms with E-state index in [0.29, 0.717) is 5.41 Å². The van der Waals surface area contributed by atoms with Crippen molar-refractivity contribution in [3.05, 3.63) is 54.1 Å². The van der Waals surface area contributed by atoms with Gasteiger partial charge in [0.15, 0.2) is 5.96 Å². The van der Waals surface area contributed by atoms with Crippen LogP contribution in [0.25, 0.3) is 0 Å². The monoisotopic (exact) mass is 337 g/mol. The average Bonchev–Trinajstić information content (AvgIpc) is 3.26. The Bertz CT molecular complexity index is 713. The lowest BCUT2D eigenvalue weighted by Gasteiger charge is -2.38. The van der Waals surface area contributed by atoms with E-state index in [1.807, 2.05) is 25.8 Å². The van der Waals surface area contributed by atoms with Gasteiger partial charge in [-0.15, -0.1) is 0 Å². The molecular weight excluding hydrogens is 310 g/mol. The molecule has 132 valence electrons. The Morgan fingerprint density at radius 1 is 1.20 bits per heavy atom. The summed E-state index contributed by atoms with van der Waals surface area (Å²) in [5.41, 5.74) is 3.18. The molecule has 25 heavy (non-hydrogen) atoms. The van der Waals surface area contributed by atoms with E-state index in [1.165, 1.54) is 43.4 Å². The van der Waals surface area contributed by atoms with Gasteiger partial charge >= 0.3 is 0 Å². The zero-order valence-electron chi connectivity index (χ0n) is 15.0. The van der Waals surface area contributed by atoms with Gasteiger partial charge < -0.3 is 14.8 Å². The summed E-state index contributed by atoms with van der Waals surface area (Å²) in [6.45, 7) is 4.01. The van der Waals surface area contributed by atoms with E-state index in [1.54, 1.807) is 0 Å². The maximum Gasteiger partial charge on any atom is 0.193 e. The summed E-state index contributed by atoms with van der Waals surface area (Å²) in [5.74, 6) is 1.05. The zero-order chi connectivity index (χ0) is 17.1. The van der Waals surface area contributed by atoms with Crippen LogP contribution in [0.15, 0.2) is 48.0 Å². The second-order valence-electron chi connectivity index (χ2n) is 7.48. The van der Waals surface area contributed by atoms with Gasteiger partial charge in [0.05, 0.1) is 6.33 Å². The molecule has 2 fully saturated rings. The first kappa shape index (κ1) is 16.2. The van der Waals surface area contributed by atoms with Crippen LogP contribution in [-0.2, 0) is 13.1 Å². The van der Waals surface area contributed by atoms with Gasteiger partial charge in [-0.25, -0.2) is 4.98 Å². The minimum absolute atomic E-state index is 0.604. The van der Waals surface area contributed by atoms with Crippen molar-refractivity contribution in [1.29, 1.82) is 0 Å². The van der Waals surface area contributed by atoms with Crippen LogP contribution in [0, 0.1) is 5.41 Å². The van der Waals surface area contributed by atoms with E-state index in [0.717, 1.165) is 25.6 Å². The average molecular weight is 337 g/mol. The van der Waals surface area contributed by atoms with E-state index in [4.69, 9.17) is 0 Å². The van der Waals surface area contributed by atoms with Gasteiger partial charge in [-0.2, -0.15) is 0 Å². The molecule has 0 atom stereocenters. The van der Waals surface area contributed by atoms with Gasteiger partial charge in [0.2, 0.25) is 0 Å². The van der Waals surface area contributed by atoms with E-state index in [2.05, 4.69) is 49.0 Å². The van der Waals surface area contributed by atoms with Crippen molar-refractivity contribution in [3.63, 3.8) is 0 Å². The SMILES string of the molecule is CN=C(NCc1ccc(Cn2ccnc2)cc1)N1CCC2(CCC2)C1. The topological polar surface area (TPSA) is 45.5 Å². The molecule has 1 spiro atoms. The number of aromatic nitrogens is 2. The smallest absolute Gasteiger partial charge is 0.193 e. The summed E-state index contributed by atoms with van der Waals surface area (Å²) in [4.78, 5) is 11.0. The van der Waals surface area contributed by atoms with E-state index < -0.39 is 0 Å². The lowest BCUT2D eigenvalue weighted by molar-refractivity contribution is 0.151. The standard InChI is InChI=1S/C20H27N5/c1-21-19(25-11-9-20(15-25)7-2-8-20)23-13-17-3-5-18(6-4-17)14-24-12-10-22-16-24/h3-6,10,12,16H,2,7-9,11,13-15H2,1H3,(H,21,23). The first-order valence-corrected chi connectivity index (χ1v) is 9.26. The van der Waals surface area contributed by atoms with E-state index in [-0.39, 0.29) is 0 Å². The van der Waals surface area contributed by atoms with Crippen molar-refractivity contribution in [2.45, 2.75) is 38.8 Å². The number of hydrogen-bond acceptors (Lipinski definition) is 2. The van der Waals surface area contributed by atoms with Crippen molar-refractivity contribution in [2.75, 3.05) is 20.1 Å². The molecule has 1 aliphatic carbocycles. The molecule has 2 heterocycles. The molecule has 0 amide bonds. The predicted octanol–water partition coefficient (Wildman–Crippen LogP) is 2.88. The van der Waals surface area contributed by atoms with Gasteiger partial charge in [-0.3, -0.25) is 4.99 Å². The minimum atomic E-state index is 0.604. The van der Waals surface area contributed by atoms with Crippen molar-refractivity contribution in [2.24, 2.45) is 10.4 Å². The Morgan fingerprint density at radius 2 is 2.00 bits per heavy atom. The van der Waals surface area contributed by atoms with Crippen molar-refractivity contribution in [3.8, 4) is 0 Å². The lowest BCUT2D eigenvalue weighted by atomic mass is 9.68. The Labute approximate surface area is 149 Å². The fourth-order valence-electron chi connectivity index (χ4n) is 4.07. The number of hydrogen-bond donors (Lipinski definition) is 1. The van der Waals surface area contributed by atoms with Crippen LogP contribution in [0.2, 0.25) is 0 Å². The highest BCUT2D eigenvalue weighted by molar-refractivity contribution is 5.80.